The molecule has 1 nitrogen and oxygen atoms in total. The van der Waals surface area contributed by atoms with Crippen molar-refractivity contribution in [3.8, 4) is 0 Å². The third-order valence-corrected chi connectivity index (χ3v) is 5.03. The highest BCUT2D eigenvalue weighted by molar-refractivity contribution is 5.83. The Labute approximate surface area is 119 Å². The van der Waals surface area contributed by atoms with Gasteiger partial charge in [-0.2, -0.15) is 0 Å². The molecule has 1 saturated carbocycles. The molecule has 0 N–H and O–H groups in total. The molecule has 100 valence electrons. The van der Waals surface area contributed by atoms with Gasteiger partial charge in [-0.15, -0.1) is 0 Å². The second-order valence-corrected chi connectivity index (χ2v) is 6.28. The normalized spacial score (nSPS) is 24.3. The summed E-state index contributed by atoms with van der Waals surface area (Å²) in [4.78, 5) is 12.0. The van der Waals surface area contributed by atoms with Crippen molar-refractivity contribution in [2.24, 2.45) is 0 Å². The van der Waals surface area contributed by atoms with Crippen molar-refractivity contribution in [1.82, 2.24) is 0 Å². The van der Waals surface area contributed by atoms with Gasteiger partial charge < -0.3 is 0 Å². The first kappa shape index (κ1) is 11.9. The second kappa shape index (κ2) is 4.31. The van der Waals surface area contributed by atoms with Gasteiger partial charge in [-0.25, -0.2) is 0 Å². The van der Waals surface area contributed by atoms with Crippen LogP contribution in [0.1, 0.15) is 41.5 Å². The molecule has 1 unspecified atom stereocenters. The van der Waals surface area contributed by atoms with Gasteiger partial charge in [-0.3, -0.25) is 4.79 Å². The molecule has 2 aliphatic rings. The first-order chi connectivity index (χ1) is 9.77. The molecule has 0 bridgehead atoms. The summed E-state index contributed by atoms with van der Waals surface area (Å²) in [5.41, 5.74) is 5.74. The molecule has 0 aromatic heterocycles. The van der Waals surface area contributed by atoms with E-state index in [0.717, 1.165) is 32.1 Å². The molecule has 1 spiro atoms. The monoisotopic (exact) mass is 262 g/mol. The number of carbonyl (C=O) groups excluding carboxylic acids is 1. The molecule has 4 rings (SSSR count). The van der Waals surface area contributed by atoms with E-state index in [1.807, 2.05) is 0 Å². The average Bonchev–Trinajstić information content (AvgIpc) is 2.77. The van der Waals surface area contributed by atoms with Crippen LogP contribution in [0.25, 0.3) is 0 Å². The summed E-state index contributed by atoms with van der Waals surface area (Å²) in [6, 6.07) is 17.5. The van der Waals surface area contributed by atoms with Crippen LogP contribution in [-0.2, 0) is 23.1 Å². The number of Topliss-reactive ketones (excluding diaryl/α,β-unsaturated/α-hetero) is 1. The largest absolute Gasteiger partial charge is 0.300 e. The molecular weight excluding hydrogens is 244 g/mol. The van der Waals surface area contributed by atoms with Gasteiger partial charge in [0.25, 0.3) is 0 Å². The molecule has 1 heteroatoms. The zero-order valence-corrected chi connectivity index (χ0v) is 11.6. The third-order valence-electron chi connectivity index (χ3n) is 5.03. The summed E-state index contributed by atoms with van der Waals surface area (Å²) in [7, 11) is 0. The number of hydrogen-bond acceptors (Lipinski definition) is 1. The lowest BCUT2D eigenvalue weighted by atomic mass is 9.74. The van der Waals surface area contributed by atoms with Crippen molar-refractivity contribution in [2.75, 3.05) is 0 Å². The van der Waals surface area contributed by atoms with E-state index >= 15 is 0 Å². The van der Waals surface area contributed by atoms with Gasteiger partial charge in [-0.1, -0.05) is 48.5 Å². The topological polar surface area (TPSA) is 17.1 Å². The Morgan fingerprint density at radius 3 is 2.25 bits per heavy atom. The number of fused-ring (bicyclic) bond motifs is 3. The predicted molar refractivity (Wildman–Crippen MR) is 79.9 cm³/mol. The van der Waals surface area contributed by atoms with Gasteiger partial charge in [0.2, 0.25) is 0 Å². The lowest BCUT2D eigenvalue weighted by molar-refractivity contribution is -0.117. The highest BCUT2D eigenvalue weighted by atomic mass is 16.1. The molecule has 0 amide bonds. The summed E-state index contributed by atoms with van der Waals surface area (Å²) in [6.45, 7) is 0. The van der Waals surface area contributed by atoms with Crippen LogP contribution in [0.15, 0.2) is 48.5 Å². The molecule has 1 fully saturated rings. The van der Waals surface area contributed by atoms with Crippen LogP contribution in [0.3, 0.4) is 0 Å². The Kier molecular flexibility index (Phi) is 2.56. The maximum atomic E-state index is 12.0. The molecule has 0 radical (unpaired) electrons. The summed E-state index contributed by atoms with van der Waals surface area (Å²) in [5.74, 6) is 0.430. The zero-order valence-electron chi connectivity index (χ0n) is 11.6. The lowest BCUT2D eigenvalue weighted by Gasteiger charge is -2.29. The summed E-state index contributed by atoms with van der Waals surface area (Å²) < 4.78 is 0. The van der Waals surface area contributed by atoms with E-state index in [2.05, 4.69) is 48.5 Å². The van der Waals surface area contributed by atoms with Crippen molar-refractivity contribution in [2.45, 2.75) is 37.5 Å². The highest BCUT2D eigenvalue weighted by Gasteiger charge is 2.42. The second-order valence-electron chi connectivity index (χ2n) is 6.28. The van der Waals surface area contributed by atoms with Crippen LogP contribution in [0.2, 0.25) is 0 Å². The molecule has 0 aliphatic heterocycles. The fourth-order valence-electron chi connectivity index (χ4n) is 4.07. The number of hydrogen-bond donors (Lipinski definition) is 0. The minimum absolute atomic E-state index is 0.0558. The Bertz CT molecular complexity index is 686. The van der Waals surface area contributed by atoms with Gasteiger partial charge in [-0.05, 0) is 41.5 Å². The van der Waals surface area contributed by atoms with Crippen LogP contribution in [0.4, 0.5) is 0 Å². The van der Waals surface area contributed by atoms with Crippen LogP contribution < -0.4 is 0 Å². The number of benzene rings is 2. The Balaban J connectivity index is 1.93. The van der Waals surface area contributed by atoms with E-state index in [4.69, 9.17) is 0 Å². The third kappa shape index (κ3) is 1.73. The van der Waals surface area contributed by atoms with Crippen LogP contribution >= 0.6 is 0 Å². The molecule has 20 heavy (non-hydrogen) atoms. The summed E-state index contributed by atoms with van der Waals surface area (Å²) >= 11 is 0. The van der Waals surface area contributed by atoms with Crippen molar-refractivity contribution >= 4 is 5.78 Å². The van der Waals surface area contributed by atoms with Gasteiger partial charge in [0.15, 0.2) is 0 Å². The maximum Gasteiger partial charge on any atom is 0.133 e. The smallest absolute Gasteiger partial charge is 0.133 e. The molecule has 2 aliphatic carbocycles. The summed E-state index contributed by atoms with van der Waals surface area (Å²) in [6.07, 6.45) is 4.50. The minimum Gasteiger partial charge on any atom is -0.300 e. The van der Waals surface area contributed by atoms with E-state index in [1.54, 1.807) is 0 Å². The van der Waals surface area contributed by atoms with Gasteiger partial charge in [0.05, 0.1) is 0 Å². The Morgan fingerprint density at radius 1 is 0.800 bits per heavy atom. The predicted octanol–water partition coefficient (Wildman–Crippen LogP) is 3.82. The van der Waals surface area contributed by atoms with Crippen molar-refractivity contribution in [3.63, 3.8) is 0 Å². The quantitative estimate of drug-likeness (QED) is 0.705. The number of carbonyl (C=O) groups is 1. The average molecular weight is 262 g/mol. The SMILES string of the molecule is O=C1CCC2(C1)Cc1ccccc1Cc1ccccc12. The van der Waals surface area contributed by atoms with E-state index < -0.39 is 0 Å². The molecule has 0 saturated heterocycles. The molecule has 1 atom stereocenters. The van der Waals surface area contributed by atoms with Crippen molar-refractivity contribution < 1.29 is 4.79 Å². The Hall–Kier alpha value is -1.89. The molecule has 0 heterocycles. The summed E-state index contributed by atoms with van der Waals surface area (Å²) in [5, 5.41) is 0. The molecule has 2 aromatic carbocycles. The van der Waals surface area contributed by atoms with E-state index in [0.29, 0.717) is 5.78 Å². The first-order valence-electron chi connectivity index (χ1n) is 7.44. The van der Waals surface area contributed by atoms with Gasteiger partial charge in [0, 0.05) is 18.3 Å². The fraction of sp³-hybridized carbons (Fsp3) is 0.316. The highest BCUT2D eigenvalue weighted by Crippen LogP contribution is 2.46. The van der Waals surface area contributed by atoms with E-state index in [-0.39, 0.29) is 5.41 Å². The van der Waals surface area contributed by atoms with Crippen LogP contribution in [0, 0.1) is 0 Å². The minimum atomic E-state index is 0.0558. The van der Waals surface area contributed by atoms with Gasteiger partial charge in [0.1, 0.15) is 5.78 Å². The standard InChI is InChI=1S/C19H18O/c20-17-9-10-19(13-17)12-16-7-2-1-5-14(16)11-15-6-3-4-8-18(15)19/h1-8H,9-13H2. The van der Waals surface area contributed by atoms with E-state index in [9.17, 15) is 4.79 Å². The zero-order chi connectivity index (χ0) is 13.6. The van der Waals surface area contributed by atoms with Crippen LogP contribution in [0.5, 0.6) is 0 Å². The van der Waals surface area contributed by atoms with Gasteiger partial charge >= 0.3 is 0 Å². The van der Waals surface area contributed by atoms with Crippen LogP contribution in [-0.4, -0.2) is 5.78 Å². The van der Waals surface area contributed by atoms with Crippen molar-refractivity contribution in [3.05, 3.63) is 70.8 Å². The van der Waals surface area contributed by atoms with Crippen molar-refractivity contribution in [1.29, 1.82) is 0 Å². The number of ketones is 1. The fourth-order valence-corrected chi connectivity index (χ4v) is 4.07. The molecule has 2 aromatic rings. The lowest BCUT2D eigenvalue weighted by Crippen LogP contribution is -2.26. The first-order valence-corrected chi connectivity index (χ1v) is 7.44. The Morgan fingerprint density at radius 2 is 1.50 bits per heavy atom. The number of rotatable bonds is 0. The molecular formula is C19H18O. The maximum absolute atomic E-state index is 12.0. The van der Waals surface area contributed by atoms with E-state index in [1.165, 1.54) is 22.3 Å².